The van der Waals surface area contributed by atoms with E-state index >= 15 is 0 Å². The second kappa shape index (κ2) is 11.9. The fraction of sp³-hybridized carbons (Fsp3) is 0.100. The van der Waals surface area contributed by atoms with Crippen LogP contribution >= 0.6 is 0 Å². The van der Waals surface area contributed by atoms with Crippen LogP contribution in [0.2, 0.25) is 0 Å². The molecule has 1 aromatic carbocycles. The zero-order valence-electron chi connectivity index (χ0n) is 14.2. The maximum absolute atomic E-state index is 11.9. The van der Waals surface area contributed by atoms with Gasteiger partial charge in [0.15, 0.2) is 5.78 Å². The lowest BCUT2D eigenvalue weighted by atomic mass is 10.1. The van der Waals surface area contributed by atoms with Crippen LogP contribution in [0.4, 0.5) is 5.69 Å². The average molecular weight is 345 g/mol. The average Bonchev–Trinajstić information content (AvgIpc) is 2.66. The zero-order chi connectivity index (χ0) is 18.3. The van der Waals surface area contributed by atoms with E-state index in [9.17, 15) is 4.79 Å². The summed E-state index contributed by atoms with van der Waals surface area (Å²) in [6.07, 6.45) is 21.2. The van der Waals surface area contributed by atoms with Crippen LogP contribution in [0, 0.1) is 0 Å². The molecule has 0 amide bonds. The van der Waals surface area contributed by atoms with E-state index in [4.69, 9.17) is 0 Å². The molecule has 26 heavy (non-hydrogen) atoms. The van der Waals surface area contributed by atoms with Crippen molar-refractivity contribution in [2.24, 2.45) is 25.9 Å². The molecular weight excluding hydrogens is 326 g/mol. The number of hydrogen-bond acceptors (Lipinski definition) is 6. The highest BCUT2D eigenvalue weighted by Gasteiger charge is 1.97. The molecule has 0 fully saturated rings. The van der Waals surface area contributed by atoms with Crippen LogP contribution in [0.5, 0.6) is 0 Å². The van der Waals surface area contributed by atoms with Gasteiger partial charge in [0, 0.05) is 5.56 Å². The van der Waals surface area contributed by atoms with Crippen molar-refractivity contribution in [1.29, 1.82) is 0 Å². The first kappa shape index (κ1) is 18.8. The second-order valence-corrected chi connectivity index (χ2v) is 5.11. The van der Waals surface area contributed by atoms with E-state index in [-0.39, 0.29) is 5.78 Å². The number of nitrogens with zero attached hydrogens (tertiary/aromatic N) is 5. The van der Waals surface area contributed by atoms with Crippen molar-refractivity contribution in [3.63, 3.8) is 0 Å². The Hall–Kier alpha value is -3.54. The van der Waals surface area contributed by atoms with Crippen molar-refractivity contribution in [1.82, 2.24) is 0 Å². The van der Waals surface area contributed by atoms with Crippen molar-refractivity contribution in [2.45, 2.75) is 12.8 Å². The van der Waals surface area contributed by atoms with Gasteiger partial charge in [0.05, 0.1) is 11.9 Å². The predicted octanol–water partition coefficient (Wildman–Crippen LogP) is 5.72. The molecule has 0 spiro atoms. The lowest BCUT2D eigenvalue weighted by Gasteiger charge is -1.96. The van der Waals surface area contributed by atoms with Gasteiger partial charge >= 0.3 is 0 Å². The molecule has 0 unspecified atom stereocenters. The van der Waals surface area contributed by atoms with Crippen LogP contribution in [0.3, 0.4) is 0 Å². The van der Waals surface area contributed by atoms with Gasteiger partial charge in [-0.25, -0.2) is 0 Å². The van der Waals surface area contributed by atoms with E-state index in [0.717, 1.165) is 18.4 Å². The van der Waals surface area contributed by atoms with E-state index in [1.165, 1.54) is 18.4 Å². The van der Waals surface area contributed by atoms with Gasteiger partial charge in [-0.05, 0) is 58.9 Å². The number of ketones is 1. The molecule has 0 aromatic heterocycles. The van der Waals surface area contributed by atoms with E-state index < -0.39 is 0 Å². The number of carbonyl (C=O) groups excluding carboxylic acids is 1. The second-order valence-electron chi connectivity index (χ2n) is 5.11. The molecule has 6 nitrogen and oxygen atoms in total. The highest BCUT2D eigenvalue weighted by molar-refractivity contribution is 6.02. The van der Waals surface area contributed by atoms with Gasteiger partial charge in [0.25, 0.3) is 0 Å². The van der Waals surface area contributed by atoms with Crippen LogP contribution in [-0.2, 0) is 4.79 Å². The first-order chi connectivity index (χ1) is 12.9. The van der Waals surface area contributed by atoms with E-state index in [1.54, 1.807) is 24.3 Å². The third-order valence-corrected chi connectivity index (χ3v) is 3.17. The summed E-state index contributed by atoms with van der Waals surface area (Å²) >= 11 is 0. The first-order valence-corrected chi connectivity index (χ1v) is 8.16. The Balaban J connectivity index is 2.19. The number of hydrogen-bond donors (Lipinski definition) is 0. The number of carbonyl (C=O) groups is 1. The first-order valence-electron chi connectivity index (χ1n) is 8.16. The molecule has 130 valence electrons. The van der Waals surface area contributed by atoms with Crippen molar-refractivity contribution in [3.05, 3.63) is 84.5 Å². The molecule has 0 bridgehead atoms. The van der Waals surface area contributed by atoms with Crippen molar-refractivity contribution >= 4 is 23.8 Å². The Morgan fingerprint density at radius 3 is 2.42 bits per heavy atom. The molecule has 0 N–H and O–H groups in total. The van der Waals surface area contributed by atoms with Gasteiger partial charge in [0.2, 0.25) is 0 Å². The summed E-state index contributed by atoms with van der Waals surface area (Å²) in [5, 5.41) is 18.4. The Morgan fingerprint density at radius 2 is 1.54 bits per heavy atom. The molecule has 1 heterocycles. The van der Waals surface area contributed by atoms with Gasteiger partial charge in [0.1, 0.15) is 0 Å². The Bertz CT molecular complexity index is 826. The van der Waals surface area contributed by atoms with Crippen LogP contribution in [0.1, 0.15) is 18.4 Å². The van der Waals surface area contributed by atoms with Crippen molar-refractivity contribution in [2.75, 3.05) is 0 Å². The highest BCUT2D eigenvalue weighted by Crippen LogP contribution is 2.20. The van der Waals surface area contributed by atoms with E-state index in [2.05, 4.69) is 25.9 Å². The minimum atomic E-state index is -0.105. The standard InChI is InChI=1S/C20H19N5O/c26-19-13-8-6-4-2-1-3-5-7-11-17-21-23-25-24-22-20-14-10-9-12-18(20)15-16-19/h3-17H,1-2H2/b5-3?,6-4-,11-7-,13-8-,16-15-,21-17-,24-22?,25-23-. The minimum absolute atomic E-state index is 0.105. The molecule has 1 aromatic rings. The molecule has 0 saturated carbocycles. The Morgan fingerprint density at radius 1 is 0.731 bits per heavy atom. The quantitative estimate of drug-likeness (QED) is 0.592. The molecular formula is C20H19N5O. The summed E-state index contributed by atoms with van der Waals surface area (Å²) in [6, 6.07) is 7.29. The molecule has 6 heteroatoms. The summed E-state index contributed by atoms with van der Waals surface area (Å²) < 4.78 is 0. The van der Waals surface area contributed by atoms with Gasteiger partial charge in [-0.1, -0.05) is 54.7 Å². The maximum Gasteiger partial charge on any atom is 0.178 e. The molecule has 0 atom stereocenters. The fourth-order valence-electron chi connectivity index (χ4n) is 1.93. The monoisotopic (exact) mass is 345 g/mol. The van der Waals surface area contributed by atoms with Gasteiger partial charge < -0.3 is 0 Å². The summed E-state index contributed by atoms with van der Waals surface area (Å²) in [6.45, 7) is 0. The summed E-state index contributed by atoms with van der Waals surface area (Å²) in [4.78, 5) is 11.9. The number of benzene rings is 1. The lowest BCUT2D eigenvalue weighted by molar-refractivity contribution is -0.110. The van der Waals surface area contributed by atoms with Crippen molar-refractivity contribution in [3.8, 4) is 0 Å². The lowest BCUT2D eigenvalue weighted by Crippen LogP contribution is -1.84. The molecule has 0 aliphatic carbocycles. The van der Waals surface area contributed by atoms with Gasteiger partial charge in [-0.2, -0.15) is 0 Å². The highest BCUT2D eigenvalue weighted by atomic mass is 16.1. The van der Waals surface area contributed by atoms with Crippen LogP contribution in [0.25, 0.3) is 6.08 Å². The van der Waals surface area contributed by atoms with Crippen LogP contribution < -0.4 is 0 Å². The number of rotatable bonds is 0. The molecule has 0 saturated heterocycles. The topological polar surface area (TPSA) is 78.9 Å². The minimum Gasteiger partial charge on any atom is -0.290 e. The van der Waals surface area contributed by atoms with Crippen LogP contribution in [-0.4, -0.2) is 12.0 Å². The Labute approximate surface area is 152 Å². The zero-order valence-corrected chi connectivity index (χ0v) is 14.2. The van der Waals surface area contributed by atoms with Gasteiger partial charge in [-0.15, -0.1) is 10.2 Å². The number of allylic oxidation sites excluding steroid dienone is 9. The normalized spacial score (nSPS) is 23.2. The molecule has 2 rings (SSSR count). The largest absolute Gasteiger partial charge is 0.290 e. The molecule has 1 aliphatic rings. The SMILES string of the molecule is O=C1/C=C\C=C/CCC=C\C=C/C=N\N=N/N=Nc2ccccc2/C=C\1. The maximum atomic E-state index is 11.9. The molecule has 1 aliphatic heterocycles. The van der Waals surface area contributed by atoms with Gasteiger partial charge in [-0.3, -0.25) is 4.79 Å². The van der Waals surface area contributed by atoms with E-state index in [1.807, 2.05) is 48.6 Å². The Kier molecular flexibility index (Phi) is 8.61. The summed E-state index contributed by atoms with van der Waals surface area (Å²) in [7, 11) is 0. The third-order valence-electron chi connectivity index (χ3n) is 3.17. The smallest absolute Gasteiger partial charge is 0.178 e. The summed E-state index contributed by atoms with van der Waals surface area (Å²) in [5.41, 5.74) is 1.34. The predicted molar refractivity (Wildman–Crippen MR) is 104 cm³/mol. The van der Waals surface area contributed by atoms with Crippen LogP contribution in [0.15, 0.2) is 105 Å². The fourth-order valence-corrected chi connectivity index (χ4v) is 1.93. The third kappa shape index (κ3) is 7.83. The summed E-state index contributed by atoms with van der Waals surface area (Å²) in [5.74, 6) is -0.105. The van der Waals surface area contributed by atoms with Crippen molar-refractivity contribution < 1.29 is 4.79 Å². The number of fused-ring (bicyclic) bond motifs is 1. The molecule has 0 radical (unpaired) electrons. The van der Waals surface area contributed by atoms with E-state index in [0.29, 0.717) is 5.69 Å².